The molecule has 2 rings (SSSR count). The minimum Gasteiger partial charge on any atom is -0.384 e. The number of halogens is 2. The van der Waals surface area contributed by atoms with Crippen molar-refractivity contribution in [2.24, 2.45) is 0 Å². The highest BCUT2D eigenvalue weighted by molar-refractivity contribution is 6.43. The summed E-state index contributed by atoms with van der Waals surface area (Å²) in [5.41, 5.74) is 0.0549. The smallest absolute Gasteiger partial charge is 0.114 e. The second-order valence-electron chi connectivity index (χ2n) is 4.18. The van der Waals surface area contributed by atoms with Crippen molar-refractivity contribution in [2.45, 2.75) is 19.4 Å². The Morgan fingerprint density at radius 3 is 2.59 bits per heavy atom. The lowest BCUT2D eigenvalue weighted by atomic mass is 10.1. The van der Waals surface area contributed by atoms with Crippen molar-refractivity contribution in [3.8, 4) is 5.69 Å². The van der Waals surface area contributed by atoms with Gasteiger partial charge in [0.2, 0.25) is 0 Å². The average molecular weight is 272 g/mol. The van der Waals surface area contributed by atoms with E-state index < -0.39 is 5.60 Å². The van der Waals surface area contributed by atoms with E-state index in [1.54, 1.807) is 38.2 Å². The summed E-state index contributed by atoms with van der Waals surface area (Å²) < 4.78 is 1.49. The lowest BCUT2D eigenvalue weighted by Gasteiger charge is -2.11. The summed E-state index contributed by atoms with van der Waals surface area (Å²) in [7, 11) is 0. The van der Waals surface area contributed by atoms with Crippen molar-refractivity contribution in [3.05, 3.63) is 40.1 Å². The van der Waals surface area contributed by atoms with Crippen LogP contribution in [0.1, 0.15) is 19.5 Å². The summed E-state index contributed by atoms with van der Waals surface area (Å²) in [6.45, 7) is 3.28. The summed E-state index contributed by atoms with van der Waals surface area (Å²) >= 11 is 12.0. The SMILES string of the molecule is CC(C)(O)c1cn(-c2cccc(Cl)c2Cl)nn1. The van der Waals surface area contributed by atoms with Crippen LogP contribution in [-0.4, -0.2) is 20.1 Å². The van der Waals surface area contributed by atoms with Gasteiger partial charge in [0.15, 0.2) is 0 Å². The Morgan fingerprint density at radius 1 is 1.29 bits per heavy atom. The van der Waals surface area contributed by atoms with Gasteiger partial charge in [-0.2, -0.15) is 0 Å². The van der Waals surface area contributed by atoms with Crippen molar-refractivity contribution < 1.29 is 5.11 Å². The van der Waals surface area contributed by atoms with E-state index in [1.165, 1.54) is 4.68 Å². The molecule has 17 heavy (non-hydrogen) atoms. The zero-order valence-electron chi connectivity index (χ0n) is 9.35. The highest BCUT2D eigenvalue weighted by Crippen LogP contribution is 2.28. The molecule has 0 amide bonds. The van der Waals surface area contributed by atoms with Crippen LogP contribution in [0, 0.1) is 0 Å². The second-order valence-corrected chi connectivity index (χ2v) is 4.97. The van der Waals surface area contributed by atoms with Gasteiger partial charge in [0, 0.05) is 0 Å². The first-order chi connectivity index (χ1) is 7.89. The van der Waals surface area contributed by atoms with Gasteiger partial charge in [-0.3, -0.25) is 0 Å². The minimum atomic E-state index is -1.04. The molecule has 0 unspecified atom stereocenters. The third-order valence-corrected chi connectivity index (χ3v) is 3.11. The van der Waals surface area contributed by atoms with Gasteiger partial charge in [-0.25, -0.2) is 4.68 Å². The van der Waals surface area contributed by atoms with Gasteiger partial charge in [0.25, 0.3) is 0 Å². The molecule has 0 spiro atoms. The number of benzene rings is 1. The van der Waals surface area contributed by atoms with Crippen LogP contribution in [0.3, 0.4) is 0 Å². The highest BCUT2D eigenvalue weighted by atomic mass is 35.5. The summed E-state index contributed by atoms with van der Waals surface area (Å²) in [6.07, 6.45) is 1.62. The van der Waals surface area contributed by atoms with Crippen molar-refractivity contribution >= 4 is 23.2 Å². The fraction of sp³-hybridized carbons (Fsp3) is 0.273. The molecule has 1 heterocycles. The second kappa shape index (κ2) is 4.29. The Kier molecular flexibility index (Phi) is 3.12. The van der Waals surface area contributed by atoms with Gasteiger partial charge < -0.3 is 5.11 Å². The van der Waals surface area contributed by atoms with Crippen LogP contribution in [0.15, 0.2) is 24.4 Å². The Bertz CT molecular complexity index is 546. The molecule has 0 radical (unpaired) electrons. The molecule has 0 atom stereocenters. The Morgan fingerprint density at radius 2 is 2.00 bits per heavy atom. The number of rotatable bonds is 2. The molecule has 2 aromatic rings. The van der Waals surface area contributed by atoms with Crippen LogP contribution < -0.4 is 0 Å². The lowest BCUT2D eigenvalue weighted by Crippen LogP contribution is -2.15. The molecule has 1 aromatic carbocycles. The number of nitrogens with zero attached hydrogens (tertiary/aromatic N) is 3. The third kappa shape index (κ3) is 2.44. The van der Waals surface area contributed by atoms with Gasteiger partial charge in [0.1, 0.15) is 11.3 Å². The summed E-state index contributed by atoms with van der Waals surface area (Å²) in [5.74, 6) is 0. The van der Waals surface area contributed by atoms with Crippen LogP contribution in [0.25, 0.3) is 5.69 Å². The number of hydrogen-bond acceptors (Lipinski definition) is 3. The largest absolute Gasteiger partial charge is 0.384 e. The maximum absolute atomic E-state index is 9.80. The molecule has 1 aromatic heterocycles. The maximum atomic E-state index is 9.80. The van der Waals surface area contributed by atoms with E-state index in [0.717, 1.165) is 0 Å². The fourth-order valence-electron chi connectivity index (χ4n) is 1.33. The van der Waals surface area contributed by atoms with E-state index in [1.807, 2.05) is 0 Å². The van der Waals surface area contributed by atoms with Crippen molar-refractivity contribution in [1.29, 1.82) is 0 Å². The third-order valence-electron chi connectivity index (χ3n) is 2.30. The van der Waals surface area contributed by atoms with Crippen LogP contribution >= 0.6 is 23.2 Å². The predicted molar refractivity (Wildman–Crippen MR) is 66.6 cm³/mol. The summed E-state index contributed by atoms with van der Waals surface area (Å²) in [6, 6.07) is 5.24. The Labute approximate surface area is 109 Å². The molecule has 4 nitrogen and oxygen atoms in total. The van der Waals surface area contributed by atoms with Gasteiger partial charge >= 0.3 is 0 Å². The standard InChI is InChI=1S/C11H11Cl2N3O/c1-11(2,17)9-6-16(15-14-9)8-5-3-4-7(12)10(8)13/h3-6,17H,1-2H3. The first-order valence-corrected chi connectivity index (χ1v) is 5.75. The first kappa shape index (κ1) is 12.4. The molecule has 6 heteroatoms. The summed E-state index contributed by atoms with van der Waals surface area (Å²) in [5, 5.41) is 18.5. The van der Waals surface area contributed by atoms with E-state index in [0.29, 0.717) is 21.4 Å². The number of hydrogen-bond donors (Lipinski definition) is 1. The van der Waals surface area contributed by atoms with Gasteiger partial charge in [-0.1, -0.05) is 34.5 Å². The predicted octanol–water partition coefficient (Wildman–Crippen LogP) is 2.80. The molecule has 0 bridgehead atoms. The van der Waals surface area contributed by atoms with E-state index in [-0.39, 0.29) is 0 Å². The van der Waals surface area contributed by atoms with E-state index in [9.17, 15) is 5.11 Å². The Hall–Kier alpha value is -1.10. The fourth-order valence-corrected chi connectivity index (χ4v) is 1.71. The quantitative estimate of drug-likeness (QED) is 0.914. The average Bonchev–Trinajstić information content (AvgIpc) is 2.70. The van der Waals surface area contributed by atoms with Crippen LogP contribution in [0.4, 0.5) is 0 Å². The number of aromatic nitrogens is 3. The van der Waals surface area contributed by atoms with E-state index in [2.05, 4.69) is 10.3 Å². The maximum Gasteiger partial charge on any atom is 0.114 e. The molecule has 0 saturated heterocycles. The molecular weight excluding hydrogens is 261 g/mol. The lowest BCUT2D eigenvalue weighted by molar-refractivity contribution is 0.0737. The van der Waals surface area contributed by atoms with Crippen molar-refractivity contribution in [1.82, 2.24) is 15.0 Å². The summed E-state index contributed by atoms with van der Waals surface area (Å²) in [4.78, 5) is 0. The highest BCUT2D eigenvalue weighted by Gasteiger charge is 2.21. The molecule has 0 saturated carbocycles. The normalized spacial score (nSPS) is 11.8. The molecular formula is C11H11Cl2N3O. The van der Waals surface area contributed by atoms with Crippen LogP contribution in [-0.2, 0) is 5.60 Å². The number of aliphatic hydroxyl groups is 1. The van der Waals surface area contributed by atoms with Gasteiger partial charge in [-0.15, -0.1) is 5.10 Å². The van der Waals surface area contributed by atoms with E-state index in [4.69, 9.17) is 23.2 Å². The van der Waals surface area contributed by atoms with Gasteiger partial charge in [-0.05, 0) is 26.0 Å². The molecule has 1 N–H and O–H groups in total. The monoisotopic (exact) mass is 271 g/mol. The molecule has 0 fully saturated rings. The minimum absolute atomic E-state index is 0.404. The molecule has 0 aliphatic heterocycles. The topological polar surface area (TPSA) is 50.9 Å². The first-order valence-electron chi connectivity index (χ1n) is 4.99. The van der Waals surface area contributed by atoms with Crippen molar-refractivity contribution in [3.63, 3.8) is 0 Å². The molecule has 0 aliphatic carbocycles. The van der Waals surface area contributed by atoms with Crippen LogP contribution in [0.5, 0.6) is 0 Å². The van der Waals surface area contributed by atoms with Gasteiger partial charge in [0.05, 0.1) is 21.9 Å². The Balaban J connectivity index is 2.48. The van der Waals surface area contributed by atoms with E-state index >= 15 is 0 Å². The zero-order chi connectivity index (χ0) is 12.6. The molecule has 90 valence electrons. The van der Waals surface area contributed by atoms with Crippen LogP contribution in [0.2, 0.25) is 10.0 Å². The zero-order valence-corrected chi connectivity index (χ0v) is 10.9. The van der Waals surface area contributed by atoms with Crippen molar-refractivity contribution in [2.75, 3.05) is 0 Å². The molecule has 0 aliphatic rings.